The van der Waals surface area contributed by atoms with E-state index >= 15 is 0 Å². The Morgan fingerprint density at radius 1 is 1.60 bits per heavy atom. The van der Waals surface area contributed by atoms with Crippen molar-refractivity contribution in [3.8, 4) is 11.8 Å². The van der Waals surface area contributed by atoms with E-state index < -0.39 is 0 Å². The van der Waals surface area contributed by atoms with E-state index in [1.165, 1.54) is 0 Å². The Balaban J connectivity index is 2.77. The van der Waals surface area contributed by atoms with Crippen LogP contribution < -0.4 is 0 Å². The van der Waals surface area contributed by atoms with E-state index in [4.69, 9.17) is 0 Å². The molecule has 0 fully saturated rings. The quantitative estimate of drug-likeness (QED) is 0.368. The molecule has 0 atom stereocenters. The monoisotopic (exact) mass is 64.0 g/mol. The third-order valence-corrected chi connectivity index (χ3v) is 0.523. The summed E-state index contributed by atoms with van der Waals surface area (Å²) in [7, 11) is 0. The lowest BCUT2D eigenvalue weighted by atomic mass is 10.5. The lowest BCUT2D eigenvalue weighted by Gasteiger charge is -1.54. The molecule has 24 valence electrons. The second-order valence-electron chi connectivity index (χ2n) is 0.928. The first-order chi connectivity index (χ1) is 2.50. The van der Waals surface area contributed by atoms with Crippen LogP contribution in [0.15, 0.2) is 12.2 Å². The van der Waals surface area contributed by atoms with Crippen molar-refractivity contribution in [1.29, 1.82) is 0 Å². The summed E-state index contributed by atoms with van der Waals surface area (Å²) < 4.78 is 0. The van der Waals surface area contributed by atoms with Gasteiger partial charge in [0.05, 0.1) is 0 Å². The van der Waals surface area contributed by atoms with Gasteiger partial charge >= 0.3 is 0 Å². The van der Waals surface area contributed by atoms with Crippen molar-refractivity contribution in [1.82, 2.24) is 0 Å². The minimum Gasteiger partial charge on any atom is -0.0943 e. The van der Waals surface area contributed by atoms with E-state index in [1.807, 2.05) is 12.2 Å². The van der Waals surface area contributed by atoms with Gasteiger partial charge in [-0.2, -0.15) is 0 Å². The fourth-order valence-electron chi connectivity index (χ4n) is 0.295. The normalized spacial score (nSPS) is 14.4. The molecule has 0 saturated heterocycles. The molecule has 0 unspecified atom stereocenters. The van der Waals surface area contributed by atoms with Gasteiger partial charge in [0.1, 0.15) is 0 Å². The van der Waals surface area contributed by atoms with Gasteiger partial charge in [-0.05, 0) is 6.08 Å². The summed E-state index contributed by atoms with van der Waals surface area (Å²) >= 11 is 0. The molecule has 0 heteroatoms. The van der Waals surface area contributed by atoms with Gasteiger partial charge in [0.2, 0.25) is 0 Å². The summed E-state index contributed by atoms with van der Waals surface area (Å²) in [6, 6.07) is 0. The lowest BCUT2D eigenvalue weighted by molar-refractivity contribution is 1.51. The van der Waals surface area contributed by atoms with Crippen molar-refractivity contribution in [2.24, 2.45) is 0 Å². The average Bonchev–Trinajstić information content (AvgIpc) is 1.76. The molecule has 0 aromatic carbocycles. The van der Waals surface area contributed by atoms with E-state index in [2.05, 4.69) is 11.8 Å². The summed E-state index contributed by atoms with van der Waals surface area (Å²) in [5.74, 6) is 5.65. The Morgan fingerprint density at radius 2 is 2.60 bits per heavy atom. The predicted molar refractivity (Wildman–Crippen MR) is 21.5 cm³/mol. The lowest BCUT2D eigenvalue weighted by Crippen LogP contribution is -1.39. The maximum Gasteiger partial charge on any atom is 0.0282 e. The molecular weight excluding hydrogens is 60.1 g/mol. The standard InChI is InChI=1S/C5H4/c1-2-4-5-3-1/h1-2H,3H2. The fourth-order valence-corrected chi connectivity index (χ4v) is 0.295. The molecule has 0 amide bonds. The molecule has 0 saturated carbocycles. The van der Waals surface area contributed by atoms with Crippen LogP contribution in [0.1, 0.15) is 6.42 Å². The smallest absolute Gasteiger partial charge is 0.0282 e. The van der Waals surface area contributed by atoms with Gasteiger partial charge in [-0.1, -0.05) is 17.9 Å². The van der Waals surface area contributed by atoms with Crippen LogP contribution >= 0.6 is 0 Å². The largest absolute Gasteiger partial charge is 0.0943 e. The minimum atomic E-state index is 0.958. The van der Waals surface area contributed by atoms with E-state index in [9.17, 15) is 0 Å². The first kappa shape index (κ1) is 2.53. The minimum absolute atomic E-state index is 0.958. The molecule has 0 aromatic heterocycles. The Kier molecular flexibility index (Phi) is 0.478. The van der Waals surface area contributed by atoms with Crippen LogP contribution in [0.4, 0.5) is 0 Å². The molecule has 0 N–H and O–H groups in total. The third kappa shape index (κ3) is 0.302. The van der Waals surface area contributed by atoms with Crippen LogP contribution in [0, 0.1) is 11.8 Å². The Bertz CT molecular complexity index is 98.9. The highest BCUT2D eigenvalue weighted by molar-refractivity contribution is 5.24. The van der Waals surface area contributed by atoms with Crippen molar-refractivity contribution < 1.29 is 0 Å². The number of allylic oxidation sites excluding steroid dienone is 2. The molecule has 0 spiro atoms. The molecule has 1 aliphatic rings. The molecule has 0 radical (unpaired) electrons. The summed E-state index contributed by atoms with van der Waals surface area (Å²) in [4.78, 5) is 0. The molecule has 0 aromatic rings. The third-order valence-electron chi connectivity index (χ3n) is 0.523. The molecule has 1 aliphatic carbocycles. The van der Waals surface area contributed by atoms with Crippen molar-refractivity contribution in [2.45, 2.75) is 6.42 Å². The van der Waals surface area contributed by atoms with Crippen LogP contribution in [0.25, 0.3) is 0 Å². The van der Waals surface area contributed by atoms with Crippen molar-refractivity contribution in [2.75, 3.05) is 0 Å². The summed E-state index contributed by atoms with van der Waals surface area (Å²) in [6.07, 6.45) is 4.85. The molecule has 0 heterocycles. The van der Waals surface area contributed by atoms with E-state index in [1.54, 1.807) is 0 Å². The van der Waals surface area contributed by atoms with Gasteiger partial charge in [-0.25, -0.2) is 0 Å². The first-order valence-corrected chi connectivity index (χ1v) is 1.63. The molecule has 0 aliphatic heterocycles. The predicted octanol–water partition coefficient (Wildman–Crippen LogP) is 0.950. The van der Waals surface area contributed by atoms with Crippen LogP contribution in [0.5, 0.6) is 0 Å². The number of hydrogen-bond acceptors (Lipinski definition) is 0. The van der Waals surface area contributed by atoms with Crippen LogP contribution in [0.3, 0.4) is 0 Å². The van der Waals surface area contributed by atoms with Crippen molar-refractivity contribution in [3.05, 3.63) is 12.2 Å². The van der Waals surface area contributed by atoms with E-state index in [0.29, 0.717) is 0 Å². The zero-order valence-electron chi connectivity index (χ0n) is 2.86. The second kappa shape index (κ2) is 0.944. The number of hydrogen-bond donors (Lipinski definition) is 0. The fraction of sp³-hybridized carbons (Fsp3) is 0.200. The number of rotatable bonds is 0. The molecule has 0 nitrogen and oxygen atoms in total. The van der Waals surface area contributed by atoms with Gasteiger partial charge < -0.3 is 0 Å². The summed E-state index contributed by atoms with van der Waals surface area (Å²) in [5, 5.41) is 0. The van der Waals surface area contributed by atoms with Gasteiger partial charge in [0.15, 0.2) is 0 Å². The Hall–Kier alpha value is -0.700. The highest BCUT2D eigenvalue weighted by Crippen LogP contribution is 1.83. The second-order valence-corrected chi connectivity index (χ2v) is 0.928. The van der Waals surface area contributed by atoms with Gasteiger partial charge in [0.25, 0.3) is 0 Å². The topological polar surface area (TPSA) is 0 Å². The zero-order chi connectivity index (χ0) is 3.54. The summed E-state index contributed by atoms with van der Waals surface area (Å²) in [5.41, 5.74) is 0. The maximum atomic E-state index is 2.86. The van der Waals surface area contributed by atoms with Crippen molar-refractivity contribution >= 4 is 0 Å². The maximum absolute atomic E-state index is 2.86. The van der Waals surface area contributed by atoms with Gasteiger partial charge in [-0.15, -0.1) is 0 Å². The Morgan fingerprint density at radius 3 is 2.80 bits per heavy atom. The highest BCUT2D eigenvalue weighted by atomic mass is 13.7. The molecular formula is C5H4. The molecule has 0 bridgehead atoms. The molecule has 1 rings (SSSR count). The SMILES string of the molecule is C1#CCC=C1. The highest BCUT2D eigenvalue weighted by Gasteiger charge is 1.69. The van der Waals surface area contributed by atoms with Crippen LogP contribution in [-0.4, -0.2) is 0 Å². The van der Waals surface area contributed by atoms with Crippen LogP contribution in [0.2, 0.25) is 0 Å². The van der Waals surface area contributed by atoms with Gasteiger partial charge in [0, 0.05) is 6.42 Å². The van der Waals surface area contributed by atoms with Crippen LogP contribution in [-0.2, 0) is 0 Å². The first-order valence-electron chi connectivity index (χ1n) is 1.63. The Labute approximate surface area is 31.5 Å². The van der Waals surface area contributed by atoms with Gasteiger partial charge in [-0.3, -0.25) is 0 Å². The molecule has 5 heavy (non-hydrogen) atoms. The average molecular weight is 64.1 g/mol. The van der Waals surface area contributed by atoms with Crippen molar-refractivity contribution in [3.63, 3.8) is 0 Å². The zero-order valence-corrected chi connectivity index (χ0v) is 2.86. The van der Waals surface area contributed by atoms with E-state index in [0.717, 1.165) is 6.42 Å². The summed E-state index contributed by atoms with van der Waals surface area (Å²) in [6.45, 7) is 0. The van der Waals surface area contributed by atoms with E-state index in [-0.39, 0.29) is 0 Å².